The van der Waals surface area contributed by atoms with Gasteiger partial charge in [-0.05, 0) is 50.3 Å². The molecule has 1 aliphatic rings. The molecule has 0 bridgehead atoms. The Balaban J connectivity index is 1.68. The van der Waals surface area contributed by atoms with Crippen molar-refractivity contribution in [3.8, 4) is 0 Å². The molecule has 126 valence electrons. The first-order valence-electron chi connectivity index (χ1n) is 8.10. The van der Waals surface area contributed by atoms with Crippen molar-refractivity contribution in [2.45, 2.75) is 38.2 Å². The number of carboxylic acids is 1. The van der Waals surface area contributed by atoms with Crippen LogP contribution in [0.1, 0.15) is 42.5 Å². The van der Waals surface area contributed by atoms with Gasteiger partial charge in [-0.1, -0.05) is 6.07 Å². The van der Waals surface area contributed by atoms with Gasteiger partial charge in [0.1, 0.15) is 6.54 Å². The standard InChI is InChI=1S/C17H24N2O4/c20-16(21)12-19-14-6-3-5-13(11-14)17(22)18-9-2-1-7-15-8-4-10-23-15/h3,5-6,11,15,19H,1-2,4,7-10,12H2,(H,18,22)(H,20,21)/t15-/m0/s1. The number of rotatable bonds is 9. The summed E-state index contributed by atoms with van der Waals surface area (Å²) in [7, 11) is 0. The first-order chi connectivity index (χ1) is 11.1. The predicted octanol–water partition coefficient (Wildman–Crippen LogP) is 2.26. The highest BCUT2D eigenvalue weighted by Gasteiger charge is 2.14. The van der Waals surface area contributed by atoms with E-state index in [-0.39, 0.29) is 12.5 Å². The molecule has 3 N–H and O–H groups in total. The summed E-state index contributed by atoms with van der Waals surface area (Å²) in [5.74, 6) is -1.08. The van der Waals surface area contributed by atoms with E-state index in [0.717, 1.165) is 38.7 Å². The Morgan fingerprint density at radius 2 is 2.17 bits per heavy atom. The van der Waals surface area contributed by atoms with Crippen LogP contribution in [0, 0.1) is 0 Å². The van der Waals surface area contributed by atoms with Crippen molar-refractivity contribution in [1.29, 1.82) is 0 Å². The van der Waals surface area contributed by atoms with Gasteiger partial charge in [-0.2, -0.15) is 0 Å². The van der Waals surface area contributed by atoms with Gasteiger partial charge in [-0.25, -0.2) is 0 Å². The van der Waals surface area contributed by atoms with Gasteiger partial charge in [0, 0.05) is 24.4 Å². The zero-order valence-corrected chi connectivity index (χ0v) is 13.2. The molecule has 1 aliphatic heterocycles. The SMILES string of the molecule is O=C(O)CNc1cccc(C(=O)NCCCC[C@H]2CCCO2)c1. The van der Waals surface area contributed by atoms with E-state index in [4.69, 9.17) is 9.84 Å². The minimum atomic E-state index is -0.939. The number of amides is 1. The summed E-state index contributed by atoms with van der Waals surface area (Å²) in [6.45, 7) is 1.35. The van der Waals surface area contributed by atoms with E-state index < -0.39 is 5.97 Å². The van der Waals surface area contributed by atoms with Gasteiger partial charge >= 0.3 is 5.97 Å². The number of hydrogen-bond donors (Lipinski definition) is 3. The Morgan fingerprint density at radius 3 is 2.91 bits per heavy atom. The second-order valence-corrected chi connectivity index (χ2v) is 5.71. The highest BCUT2D eigenvalue weighted by Crippen LogP contribution is 2.17. The van der Waals surface area contributed by atoms with Gasteiger partial charge in [-0.15, -0.1) is 0 Å². The fourth-order valence-electron chi connectivity index (χ4n) is 2.62. The summed E-state index contributed by atoms with van der Waals surface area (Å²) >= 11 is 0. The minimum Gasteiger partial charge on any atom is -0.480 e. The first-order valence-corrected chi connectivity index (χ1v) is 8.10. The van der Waals surface area contributed by atoms with E-state index >= 15 is 0 Å². The summed E-state index contributed by atoms with van der Waals surface area (Å²) in [5, 5.41) is 14.3. The Bertz CT molecular complexity index is 527. The van der Waals surface area contributed by atoms with E-state index in [1.165, 1.54) is 0 Å². The number of benzene rings is 1. The van der Waals surface area contributed by atoms with Crippen molar-refractivity contribution in [2.24, 2.45) is 0 Å². The molecule has 6 nitrogen and oxygen atoms in total. The zero-order chi connectivity index (χ0) is 16.5. The Morgan fingerprint density at radius 1 is 1.30 bits per heavy atom. The van der Waals surface area contributed by atoms with Crippen LogP contribution in [0.2, 0.25) is 0 Å². The maximum atomic E-state index is 12.1. The van der Waals surface area contributed by atoms with Crippen molar-refractivity contribution < 1.29 is 19.4 Å². The third kappa shape index (κ3) is 6.28. The number of carbonyl (C=O) groups is 2. The third-order valence-electron chi connectivity index (χ3n) is 3.83. The van der Waals surface area contributed by atoms with Gasteiger partial charge in [0.15, 0.2) is 0 Å². The normalized spacial score (nSPS) is 17.0. The van der Waals surface area contributed by atoms with E-state index in [1.54, 1.807) is 24.3 Å². The number of anilines is 1. The molecule has 1 amide bonds. The minimum absolute atomic E-state index is 0.138. The topological polar surface area (TPSA) is 87.7 Å². The van der Waals surface area contributed by atoms with Crippen LogP contribution < -0.4 is 10.6 Å². The molecule has 1 atom stereocenters. The smallest absolute Gasteiger partial charge is 0.322 e. The van der Waals surface area contributed by atoms with Crippen LogP contribution in [0.4, 0.5) is 5.69 Å². The number of carbonyl (C=O) groups excluding carboxylic acids is 1. The van der Waals surface area contributed by atoms with Crippen molar-refractivity contribution in [3.05, 3.63) is 29.8 Å². The average molecular weight is 320 g/mol. The van der Waals surface area contributed by atoms with Gasteiger partial charge < -0.3 is 20.5 Å². The maximum absolute atomic E-state index is 12.1. The van der Waals surface area contributed by atoms with Gasteiger partial charge in [0.2, 0.25) is 0 Å². The molecule has 0 radical (unpaired) electrons. The van der Waals surface area contributed by atoms with Crippen LogP contribution in [0.3, 0.4) is 0 Å². The van der Waals surface area contributed by atoms with Crippen LogP contribution in [-0.2, 0) is 9.53 Å². The molecule has 1 aromatic rings. The molecule has 0 unspecified atom stereocenters. The number of unbranched alkanes of at least 4 members (excludes halogenated alkanes) is 1. The molecule has 1 aromatic carbocycles. The molecule has 0 spiro atoms. The van der Waals surface area contributed by atoms with E-state index in [1.807, 2.05) is 0 Å². The Kier molecular flexibility index (Phi) is 6.87. The Hall–Kier alpha value is -2.08. The van der Waals surface area contributed by atoms with Crippen LogP contribution in [0.15, 0.2) is 24.3 Å². The lowest BCUT2D eigenvalue weighted by molar-refractivity contribution is -0.134. The van der Waals surface area contributed by atoms with Crippen molar-refractivity contribution in [3.63, 3.8) is 0 Å². The zero-order valence-electron chi connectivity index (χ0n) is 13.2. The molecule has 0 aromatic heterocycles. The first kappa shape index (κ1) is 17.3. The number of carboxylic acid groups (broad SMARTS) is 1. The lowest BCUT2D eigenvalue weighted by Crippen LogP contribution is -2.24. The second kappa shape index (κ2) is 9.15. The number of hydrogen-bond acceptors (Lipinski definition) is 4. The molecule has 1 fully saturated rings. The van der Waals surface area contributed by atoms with Crippen molar-refractivity contribution in [1.82, 2.24) is 5.32 Å². The van der Waals surface area contributed by atoms with Crippen molar-refractivity contribution in [2.75, 3.05) is 25.0 Å². The van der Waals surface area contributed by atoms with Gasteiger partial charge in [0.05, 0.1) is 6.10 Å². The summed E-state index contributed by atoms with van der Waals surface area (Å²) in [6, 6.07) is 6.84. The van der Waals surface area contributed by atoms with Crippen molar-refractivity contribution >= 4 is 17.6 Å². The van der Waals surface area contributed by atoms with E-state index in [0.29, 0.717) is 23.9 Å². The number of aliphatic carboxylic acids is 1. The molecule has 6 heteroatoms. The fourth-order valence-corrected chi connectivity index (χ4v) is 2.62. The third-order valence-corrected chi connectivity index (χ3v) is 3.83. The van der Waals surface area contributed by atoms with Crippen LogP contribution in [0.25, 0.3) is 0 Å². The van der Waals surface area contributed by atoms with E-state index in [2.05, 4.69) is 10.6 Å². The van der Waals surface area contributed by atoms with Crippen LogP contribution in [0.5, 0.6) is 0 Å². The molecule has 1 heterocycles. The molecular weight excluding hydrogens is 296 g/mol. The van der Waals surface area contributed by atoms with Gasteiger partial charge in [-0.3, -0.25) is 9.59 Å². The maximum Gasteiger partial charge on any atom is 0.322 e. The highest BCUT2D eigenvalue weighted by atomic mass is 16.5. The molecule has 2 rings (SSSR count). The largest absolute Gasteiger partial charge is 0.480 e. The lowest BCUT2D eigenvalue weighted by atomic mass is 10.1. The molecule has 23 heavy (non-hydrogen) atoms. The quantitative estimate of drug-likeness (QED) is 0.608. The number of nitrogens with one attached hydrogen (secondary N) is 2. The molecule has 0 saturated carbocycles. The van der Waals surface area contributed by atoms with Crippen LogP contribution >= 0.6 is 0 Å². The summed E-state index contributed by atoms with van der Waals surface area (Å²) in [5.41, 5.74) is 1.15. The molecule has 0 aliphatic carbocycles. The average Bonchev–Trinajstić information content (AvgIpc) is 3.06. The number of ether oxygens (including phenoxy) is 1. The predicted molar refractivity (Wildman–Crippen MR) is 87.7 cm³/mol. The summed E-state index contributed by atoms with van der Waals surface area (Å²) in [4.78, 5) is 22.6. The summed E-state index contributed by atoms with van der Waals surface area (Å²) in [6.07, 6.45) is 5.76. The summed E-state index contributed by atoms with van der Waals surface area (Å²) < 4.78 is 5.57. The van der Waals surface area contributed by atoms with Crippen LogP contribution in [-0.4, -0.2) is 42.8 Å². The Labute approximate surface area is 136 Å². The molecule has 1 saturated heterocycles. The lowest BCUT2D eigenvalue weighted by Gasteiger charge is -2.10. The fraction of sp³-hybridized carbons (Fsp3) is 0.529. The molecular formula is C17H24N2O4. The highest BCUT2D eigenvalue weighted by molar-refractivity contribution is 5.95. The monoisotopic (exact) mass is 320 g/mol. The second-order valence-electron chi connectivity index (χ2n) is 5.71. The van der Waals surface area contributed by atoms with E-state index in [9.17, 15) is 9.59 Å². The van der Waals surface area contributed by atoms with Gasteiger partial charge in [0.25, 0.3) is 5.91 Å².